The Kier molecular flexibility index (Phi) is 6.17. The number of nitrogens with zero attached hydrogens (tertiary/aromatic N) is 4. The number of hydrogen-bond donors (Lipinski definition) is 2. The van der Waals surface area contributed by atoms with Gasteiger partial charge in [-0.1, -0.05) is 6.07 Å². The van der Waals surface area contributed by atoms with E-state index in [4.69, 9.17) is 0 Å². The molecule has 4 rings (SSSR count). The van der Waals surface area contributed by atoms with Crippen LogP contribution in [0.5, 0.6) is 0 Å². The molecular formula is C23H22F3N5O2. The summed E-state index contributed by atoms with van der Waals surface area (Å²) in [5.74, 6) is -0.472. The quantitative estimate of drug-likeness (QED) is 0.563. The van der Waals surface area contributed by atoms with Gasteiger partial charge in [-0.05, 0) is 66.8 Å². The van der Waals surface area contributed by atoms with Crippen LogP contribution in [-0.4, -0.2) is 39.1 Å². The van der Waals surface area contributed by atoms with Gasteiger partial charge in [-0.25, -0.2) is 15.0 Å². The topological polar surface area (TPSA) is 91.2 Å². The highest BCUT2D eigenvalue weighted by molar-refractivity contribution is 5.73. The number of anilines is 3. The zero-order valence-electron chi connectivity index (χ0n) is 17.8. The molecular weight excluding hydrogens is 435 g/mol. The number of aromatic nitrogens is 3. The molecule has 1 aromatic carbocycles. The Morgan fingerprint density at radius 2 is 1.79 bits per heavy atom. The minimum absolute atomic E-state index is 0.141. The summed E-state index contributed by atoms with van der Waals surface area (Å²) in [5, 5.41) is 12.1. The molecule has 0 amide bonds. The van der Waals surface area contributed by atoms with Gasteiger partial charge in [0, 0.05) is 31.2 Å². The van der Waals surface area contributed by atoms with Gasteiger partial charge in [-0.15, -0.1) is 0 Å². The summed E-state index contributed by atoms with van der Waals surface area (Å²) in [6, 6.07) is 10.2. The first-order valence-electron chi connectivity index (χ1n) is 10.4. The fourth-order valence-corrected chi connectivity index (χ4v) is 3.85. The maximum absolute atomic E-state index is 13.0. The van der Waals surface area contributed by atoms with Gasteiger partial charge in [-0.2, -0.15) is 13.2 Å². The van der Waals surface area contributed by atoms with Gasteiger partial charge in [-0.3, -0.25) is 4.79 Å². The maximum atomic E-state index is 13.0. The number of piperidine rings is 1. The molecule has 0 radical (unpaired) electrons. The first kappa shape index (κ1) is 22.5. The van der Waals surface area contributed by atoms with Gasteiger partial charge < -0.3 is 15.3 Å². The smallest absolute Gasteiger partial charge is 0.433 e. The molecule has 0 aliphatic carbocycles. The molecule has 0 atom stereocenters. The molecule has 0 spiro atoms. The highest BCUT2D eigenvalue weighted by Crippen LogP contribution is 2.31. The Hall–Kier alpha value is -3.69. The third-order valence-electron chi connectivity index (χ3n) is 5.53. The van der Waals surface area contributed by atoms with Gasteiger partial charge in [0.2, 0.25) is 5.95 Å². The summed E-state index contributed by atoms with van der Waals surface area (Å²) in [6.07, 6.45) is -0.659. The van der Waals surface area contributed by atoms with E-state index in [0.29, 0.717) is 31.6 Å². The first-order chi connectivity index (χ1) is 15.7. The summed E-state index contributed by atoms with van der Waals surface area (Å²) < 4.78 is 38.9. The van der Waals surface area contributed by atoms with Crippen LogP contribution in [0.15, 0.2) is 48.8 Å². The lowest BCUT2D eigenvalue weighted by Crippen LogP contribution is -2.36. The van der Waals surface area contributed by atoms with Crippen molar-refractivity contribution in [2.45, 2.75) is 25.9 Å². The van der Waals surface area contributed by atoms with Crippen LogP contribution in [0.2, 0.25) is 0 Å². The average Bonchev–Trinajstić information content (AvgIpc) is 2.78. The third kappa shape index (κ3) is 5.39. The van der Waals surface area contributed by atoms with Crippen LogP contribution in [0.4, 0.5) is 30.6 Å². The summed E-state index contributed by atoms with van der Waals surface area (Å²) in [5.41, 5.74) is 2.19. The van der Waals surface area contributed by atoms with Crippen molar-refractivity contribution in [3.8, 4) is 11.1 Å². The van der Waals surface area contributed by atoms with E-state index in [9.17, 15) is 23.1 Å². The molecule has 1 aliphatic rings. The second-order valence-electron chi connectivity index (χ2n) is 7.98. The summed E-state index contributed by atoms with van der Waals surface area (Å²) >= 11 is 0. The van der Waals surface area contributed by atoms with Crippen molar-refractivity contribution in [2.75, 3.05) is 23.3 Å². The molecule has 0 bridgehead atoms. The molecule has 1 saturated heterocycles. The fourth-order valence-electron chi connectivity index (χ4n) is 3.85. The number of pyridine rings is 1. The van der Waals surface area contributed by atoms with Gasteiger partial charge in [0.05, 0.1) is 5.92 Å². The van der Waals surface area contributed by atoms with E-state index < -0.39 is 17.8 Å². The molecule has 2 N–H and O–H groups in total. The summed E-state index contributed by atoms with van der Waals surface area (Å²) in [7, 11) is 0. The standard InChI is InChI=1S/C23H22F3N5O2/c1-14-10-17(12-18(11-14)29-22-28-7-3-19(30-22)23(24,25)26)16-2-6-27-20(13-16)31-8-4-15(5-9-31)21(32)33/h2-3,6-7,10-13,15H,4-5,8-9H2,1H3,(H,32,33)(H,28,29,30). The molecule has 1 aliphatic heterocycles. The molecule has 7 nitrogen and oxygen atoms in total. The van der Waals surface area contributed by atoms with E-state index in [1.807, 2.05) is 31.2 Å². The molecule has 33 heavy (non-hydrogen) atoms. The highest BCUT2D eigenvalue weighted by Gasteiger charge is 2.32. The Bertz CT molecular complexity index is 1160. The maximum Gasteiger partial charge on any atom is 0.433 e. The molecule has 3 heterocycles. The lowest BCUT2D eigenvalue weighted by Gasteiger charge is -2.31. The lowest BCUT2D eigenvalue weighted by atomic mass is 9.97. The van der Waals surface area contributed by atoms with Crippen molar-refractivity contribution in [1.82, 2.24) is 15.0 Å². The van der Waals surface area contributed by atoms with Crippen molar-refractivity contribution in [1.29, 1.82) is 0 Å². The number of rotatable bonds is 5. The number of nitrogens with one attached hydrogen (secondary N) is 1. The largest absolute Gasteiger partial charge is 0.481 e. The Morgan fingerprint density at radius 1 is 1.06 bits per heavy atom. The third-order valence-corrected chi connectivity index (χ3v) is 5.53. The van der Waals surface area contributed by atoms with Gasteiger partial charge in [0.25, 0.3) is 0 Å². The normalized spacial score (nSPS) is 14.8. The lowest BCUT2D eigenvalue weighted by molar-refractivity contribution is -0.142. The Labute approximate surface area is 188 Å². The monoisotopic (exact) mass is 457 g/mol. The number of benzene rings is 1. The van der Waals surface area contributed by atoms with E-state index in [0.717, 1.165) is 34.8 Å². The van der Waals surface area contributed by atoms with Crippen molar-refractivity contribution in [3.05, 3.63) is 60.0 Å². The minimum atomic E-state index is -4.55. The number of hydrogen-bond acceptors (Lipinski definition) is 6. The van der Waals surface area contributed by atoms with Crippen LogP contribution in [0.3, 0.4) is 0 Å². The van der Waals surface area contributed by atoms with Crippen LogP contribution in [0.25, 0.3) is 11.1 Å². The molecule has 0 unspecified atom stereocenters. The molecule has 1 fully saturated rings. The number of carboxylic acid groups (broad SMARTS) is 1. The van der Waals surface area contributed by atoms with Crippen LogP contribution < -0.4 is 10.2 Å². The predicted molar refractivity (Wildman–Crippen MR) is 117 cm³/mol. The predicted octanol–water partition coefficient (Wildman–Crippen LogP) is 4.91. The number of aryl methyl sites for hydroxylation is 1. The summed E-state index contributed by atoms with van der Waals surface area (Å²) in [6.45, 7) is 3.11. The minimum Gasteiger partial charge on any atom is -0.481 e. The van der Waals surface area contributed by atoms with Crippen molar-refractivity contribution in [2.24, 2.45) is 5.92 Å². The number of aliphatic carboxylic acids is 1. The Balaban J connectivity index is 1.56. The Morgan fingerprint density at radius 3 is 2.48 bits per heavy atom. The number of carboxylic acids is 1. The second kappa shape index (κ2) is 9.05. The van der Waals surface area contributed by atoms with E-state index >= 15 is 0 Å². The van der Waals surface area contributed by atoms with Crippen LogP contribution in [-0.2, 0) is 11.0 Å². The molecule has 0 saturated carbocycles. The van der Waals surface area contributed by atoms with Gasteiger partial charge >= 0.3 is 12.1 Å². The van der Waals surface area contributed by atoms with Crippen LogP contribution in [0.1, 0.15) is 24.1 Å². The van der Waals surface area contributed by atoms with Crippen molar-refractivity contribution in [3.63, 3.8) is 0 Å². The summed E-state index contributed by atoms with van der Waals surface area (Å²) in [4.78, 5) is 25.2. The zero-order valence-corrected chi connectivity index (χ0v) is 17.8. The number of halogens is 3. The van der Waals surface area contributed by atoms with E-state index in [1.54, 1.807) is 12.3 Å². The highest BCUT2D eigenvalue weighted by atomic mass is 19.4. The number of alkyl halides is 3. The van der Waals surface area contributed by atoms with E-state index in [2.05, 4.69) is 25.2 Å². The van der Waals surface area contributed by atoms with Gasteiger partial charge in [0.1, 0.15) is 11.5 Å². The van der Waals surface area contributed by atoms with Crippen molar-refractivity contribution >= 4 is 23.4 Å². The second-order valence-corrected chi connectivity index (χ2v) is 7.98. The first-order valence-corrected chi connectivity index (χ1v) is 10.4. The molecule has 3 aromatic rings. The fraction of sp³-hybridized carbons (Fsp3) is 0.304. The SMILES string of the molecule is Cc1cc(Nc2nccc(C(F)(F)F)n2)cc(-c2ccnc(N3CCC(C(=O)O)CC3)c2)c1. The molecule has 2 aromatic heterocycles. The van der Waals surface area contributed by atoms with E-state index in [1.165, 1.54) is 0 Å². The van der Waals surface area contributed by atoms with Gasteiger partial charge in [0.15, 0.2) is 0 Å². The zero-order chi connectivity index (χ0) is 23.6. The average molecular weight is 457 g/mol. The molecule has 172 valence electrons. The van der Waals surface area contributed by atoms with Crippen LogP contribution >= 0.6 is 0 Å². The number of carbonyl (C=O) groups is 1. The molecule has 10 heteroatoms. The van der Waals surface area contributed by atoms with E-state index in [-0.39, 0.29) is 11.9 Å². The van der Waals surface area contributed by atoms with Crippen molar-refractivity contribution < 1.29 is 23.1 Å². The van der Waals surface area contributed by atoms with Crippen LogP contribution in [0, 0.1) is 12.8 Å².